The van der Waals surface area contributed by atoms with Gasteiger partial charge >= 0.3 is 0 Å². The van der Waals surface area contributed by atoms with E-state index >= 15 is 0 Å². The van der Waals surface area contributed by atoms with Crippen LogP contribution >= 0.6 is 0 Å². The van der Waals surface area contributed by atoms with Crippen molar-refractivity contribution in [2.24, 2.45) is 10.7 Å². The lowest BCUT2D eigenvalue weighted by Gasteiger charge is -2.09. The van der Waals surface area contributed by atoms with Gasteiger partial charge in [-0.2, -0.15) is 0 Å². The number of nitrogens with two attached hydrogens (primary N) is 1. The van der Waals surface area contributed by atoms with E-state index in [-0.39, 0.29) is 5.84 Å². The Bertz CT molecular complexity index is 1010. The maximum atomic E-state index is 7.87. The van der Waals surface area contributed by atoms with Gasteiger partial charge < -0.3 is 11.1 Å². The minimum Gasteiger partial charge on any atom is -0.390 e. The van der Waals surface area contributed by atoms with Crippen LogP contribution in [0.25, 0.3) is 11.1 Å². The summed E-state index contributed by atoms with van der Waals surface area (Å²) in [5.41, 5.74) is 11.2. The molecule has 140 valence electrons. The lowest BCUT2D eigenvalue weighted by atomic mass is 10.1. The molecule has 0 spiro atoms. The Morgan fingerprint density at radius 1 is 1.14 bits per heavy atom. The van der Waals surface area contributed by atoms with Gasteiger partial charge in [-0.1, -0.05) is 18.2 Å². The molecule has 1 saturated carbocycles. The van der Waals surface area contributed by atoms with E-state index in [1.807, 2.05) is 42.7 Å². The average molecular weight is 370 g/mol. The molecule has 4 N–H and O–H groups in total. The first-order valence-electron chi connectivity index (χ1n) is 9.31. The number of anilines is 1. The number of aromatic nitrogens is 2. The molecule has 0 aliphatic heterocycles. The fraction of sp³-hybridized carbons (Fsp3) is 0.182. The molecule has 0 radical (unpaired) electrons. The third-order valence-corrected chi connectivity index (χ3v) is 4.75. The molecule has 28 heavy (non-hydrogen) atoms. The molecule has 0 atom stereocenters. The lowest BCUT2D eigenvalue weighted by Crippen LogP contribution is -2.04. The highest BCUT2D eigenvalue weighted by molar-refractivity contribution is 6.01. The number of nitrogens with one attached hydrogen (secondary N) is 2. The van der Waals surface area contributed by atoms with Gasteiger partial charge in [-0.3, -0.25) is 15.4 Å². The second kappa shape index (κ2) is 8.00. The molecule has 0 unspecified atom stereocenters. The zero-order chi connectivity index (χ0) is 19.3. The van der Waals surface area contributed by atoms with Gasteiger partial charge in [0.15, 0.2) is 5.84 Å². The van der Waals surface area contributed by atoms with Crippen LogP contribution in [0.3, 0.4) is 0 Å². The van der Waals surface area contributed by atoms with E-state index < -0.39 is 0 Å². The van der Waals surface area contributed by atoms with Crippen molar-refractivity contribution in [2.75, 3.05) is 5.32 Å². The monoisotopic (exact) mass is 370 g/mol. The Morgan fingerprint density at radius 2 is 2.04 bits per heavy atom. The number of hydrogen-bond acceptors (Lipinski definition) is 4. The van der Waals surface area contributed by atoms with Crippen molar-refractivity contribution < 1.29 is 0 Å². The van der Waals surface area contributed by atoms with Gasteiger partial charge in [0.1, 0.15) is 0 Å². The number of rotatable bonds is 6. The van der Waals surface area contributed by atoms with Crippen molar-refractivity contribution in [3.8, 4) is 11.1 Å². The van der Waals surface area contributed by atoms with Crippen LogP contribution < -0.4 is 11.1 Å². The highest BCUT2D eigenvalue weighted by Crippen LogP contribution is 2.39. The summed E-state index contributed by atoms with van der Waals surface area (Å²) >= 11 is 0. The molecule has 1 fully saturated rings. The summed E-state index contributed by atoms with van der Waals surface area (Å²) in [4.78, 5) is 12.9. The maximum absolute atomic E-state index is 7.87. The number of hydrogen-bond donors (Lipinski definition) is 3. The Balaban J connectivity index is 1.45. The van der Waals surface area contributed by atoms with Crippen molar-refractivity contribution in [2.45, 2.75) is 25.3 Å². The third kappa shape index (κ3) is 4.23. The molecule has 6 nitrogen and oxygen atoms in total. The summed E-state index contributed by atoms with van der Waals surface area (Å²) in [5, 5.41) is 11.2. The molecule has 1 aromatic carbocycles. The maximum Gasteiger partial charge on any atom is 0.153 e. The van der Waals surface area contributed by atoms with Crippen LogP contribution in [0, 0.1) is 5.41 Å². The quantitative estimate of drug-likeness (QED) is 0.452. The Labute approximate surface area is 164 Å². The molecule has 0 saturated heterocycles. The van der Waals surface area contributed by atoms with Gasteiger partial charge in [-0.15, -0.1) is 0 Å². The van der Waals surface area contributed by atoms with Gasteiger partial charge in [0.2, 0.25) is 0 Å². The van der Waals surface area contributed by atoms with Gasteiger partial charge in [-0.05, 0) is 48.7 Å². The highest BCUT2D eigenvalue weighted by Gasteiger charge is 2.24. The van der Waals surface area contributed by atoms with Crippen LogP contribution in [0.15, 0.2) is 65.9 Å². The molecule has 2 aromatic heterocycles. The van der Waals surface area contributed by atoms with Crippen LogP contribution in [0.1, 0.15) is 35.7 Å². The Kier molecular flexibility index (Phi) is 5.10. The van der Waals surface area contributed by atoms with Gasteiger partial charge in [0.25, 0.3) is 0 Å². The predicted molar refractivity (Wildman–Crippen MR) is 113 cm³/mol. The number of nitrogens with zero attached hydrogens (tertiary/aromatic N) is 3. The van der Waals surface area contributed by atoms with E-state index in [2.05, 4.69) is 38.5 Å². The summed E-state index contributed by atoms with van der Waals surface area (Å²) in [7, 11) is 0. The molecule has 1 aliphatic carbocycles. The zero-order valence-electron chi connectivity index (χ0n) is 15.5. The van der Waals surface area contributed by atoms with Crippen LogP contribution in [0.5, 0.6) is 0 Å². The number of amidine groups is 1. The molecule has 0 amide bonds. The van der Waals surface area contributed by atoms with Crippen molar-refractivity contribution in [1.82, 2.24) is 9.97 Å². The summed E-state index contributed by atoms with van der Waals surface area (Å²) in [6.07, 6.45) is 7.42. The van der Waals surface area contributed by atoms with Crippen molar-refractivity contribution >= 4 is 17.9 Å². The first-order chi connectivity index (χ1) is 13.7. The number of aliphatic imine (C=N–C) groups is 1. The van der Waals surface area contributed by atoms with Crippen LogP contribution in [-0.2, 0) is 6.54 Å². The number of benzene rings is 1. The fourth-order valence-electron chi connectivity index (χ4n) is 3.07. The average Bonchev–Trinajstić information content (AvgIpc) is 3.58. The first-order valence-corrected chi connectivity index (χ1v) is 9.31. The van der Waals surface area contributed by atoms with Gasteiger partial charge in [0.05, 0.1) is 18.6 Å². The van der Waals surface area contributed by atoms with E-state index in [4.69, 9.17) is 11.1 Å². The fourth-order valence-corrected chi connectivity index (χ4v) is 3.07. The Hall–Kier alpha value is -3.54. The van der Waals surface area contributed by atoms with Gasteiger partial charge in [-0.25, -0.2) is 4.99 Å². The normalized spacial score (nSPS) is 13.6. The first kappa shape index (κ1) is 17.9. The van der Waals surface area contributed by atoms with E-state index in [1.165, 1.54) is 18.5 Å². The Morgan fingerprint density at radius 3 is 2.79 bits per heavy atom. The van der Waals surface area contributed by atoms with Gasteiger partial charge in [0, 0.05) is 40.8 Å². The molecule has 4 rings (SSSR count). The van der Waals surface area contributed by atoms with Crippen molar-refractivity contribution in [1.29, 1.82) is 5.41 Å². The highest BCUT2D eigenvalue weighted by atomic mass is 14.9. The molecule has 2 heterocycles. The minimum atomic E-state index is 0.133. The predicted octanol–water partition coefficient (Wildman–Crippen LogP) is 3.95. The minimum absolute atomic E-state index is 0.133. The summed E-state index contributed by atoms with van der Waals surface area (Å²) < 4.78 is 0. The molecular formula is C22H22N6. The smallest absolute Gasteiger partial charge is 0.153 e. The summed E-state index contributed by atoms with van der Waals surface area (Å²) in [6, 6.07) is 15.9. The standard InChI is InChI=1S/C22H22N6/c23-14-28-22(24)17-2-1-3-19(11-17)26-13-20-10-16(8-9-25-20)18-6-7-21(27-12-18)15-4-5-15/h1-3,6-12,14-15,26H,4-5,13H2,(H3,23,24,28). The molecular weight excluding hydrogens is 348 g/mol. The van der Waals surface area contributed by atoms with E-state index in [1.54, 1.807) is 0 Å². The number of pyridine rings is 2. The summed E-state index contributed by atoms with van der Waals surface area (Å²) in [6.45, 7) is 0.582. The zero-order valence-corrected chi connectivity index (χ0v) is 15.5. The molecule has 3 aromatic rings. The van der Waals surface area contributed by atoms with Crippen LogP contribution in [-0.4, -0.2) is 22.1 Å². The van der Waals surface area contributed by atoms with E-state index in [9.17, 15) is 0 Å². The van der Waals surface area contributed by atoms with Crippen molar-refractivity contribution in [3.05, 3.63) is 77.9 Å². The summed E-state index contributed by atoms with van der Waals surface area (Å²) in [5.74, 6) is 0.799. The lowest BCUT2D eigenvalue weighted by molar-refractivity contribution is 1.02. The SMILES string of the molecule is N=C(N=CN)c1cccc(NCc2cc(-c3ccc(C4CC4)nc3)ccn2)c1. The molecule has 6 heteroatoms. The van der Waals surface area contributed by atoms with E-state index in [0.29, 0.717) is 18.0 Å². The molecule has 1 aliphatic rings. The van der Waals surface area contributed by atoms with Crippen molar-refractivity contribution in [3.63, 3.8) is 0 Å². The third-order valence-electron chi connectivity index (χ3n) is 4.75. The second-order valence-electron chi connectivity index (χ2n) is 6.84. The van der Waals surface area contributed by atoms with Crippen LogP contribution in [0.4, 0.5) is 5.69 Å². The topological polar surface area (TPSA) is 100 Å². The second-order valence-corrected chi connectivity index (χ2v) is 6.84. The largest absolute Gasteiger partial charge is 0.390 e. The van der Waals surface area contributed by atoms with E-state index in [0.717, 1.165) is 28.8 Å². The van der Waals surface area contributed by atoms with Crippen LogP contribution in [0.2, 0.25) is 0 Å². The molecule has 0 bridgehead atoms.